The molecule has 0 fully saturated rings. The quantitative estimate of drug-likeness (QED) is 0.753. The van der Waals surface area contributed by atoms with E-state index in [1.54, 1.807) is 13.8 Å². The minimum absolute atomic E-state index is 0.106. The summed E-state index contributed by atoms with van der Waals surface area (Å²) in [6.07, 6.45) is 2.34. The van der Waals surface area contributed by atoms with Crippen LogP contribution >= 0.6 is 0 Å². The van der Waals surface area contributed by atoms with Gasteiger partial charge in [-0.1, -0.05) is 0 Å². The number of fused-ring (bicyclic) bond motifs is 1. The van der Waals surface area contributed by atoms with Crippen molar-refractivity contribution >= 4 is 11.9 Å². The number of aryl methyl sites for hydroxylation is 1. The van der Waals surface area contributed by atoms with Gasteiger partial charge in [0, 0.05) is 19.2 Å². The molecule has 1 unspecified atom stereocenters. The summed E-state index contributed by atoms with van der Waals surface area (Å²) >= 11 is 0. The summed E-state index contributed by atoms with van der Waals surface area (Å²) in [4.78, 5) is 40.0. The molecule has 1 aromatic rings. The Balaban J connectivity index is 2.29. The Morgan fingerprint density at radius 2 is 2.05 bits per heavy atom. The van der Waals surface area contributed by atoms with Gasteiger partial charge in [0.05, 0.1) is 19.1 Å². The topological polar surface area (TPSA) is 87.5 Å². The number of hydrogen-bond acceptors (Lipinski definition) is 6. The van der Waals surface area contributed by atoms with Crippen LogP contribution in [-0.2, 0) is 27.2 Å². The third-order valence-electron chi connectivity index (χ3n) is 3.36. The summed E-state index contributed by atoms with van der Waals surface area (Å²) in [6.45, 7) is 4.08. The zero-order valence-electron chi connectivity index (χ0n) is 12.1. The van der Waals surface area contributed by atoms with Crippen molar-refractivity contribution < 1.29 is 19.1 Å². The van der Waals surface area contributed by atoms with Gasteiger partial charge in [-0.15, -0.1) is 0 Å². The molecule has 0 saturated carbocycles. The first-order valence-electron chi connectivity index (χ1n) is 7.00. The summed E-state index contributed by atoms with van der Waals surface area (Å²) in [5, 5.41) is 0. The smallest absolute Gasteiger partial charge is 0.345 e. The van der Waals surface area contributed by atoms with Crippen molar-refractivity contribution in [3.05, 3.63) is 27.9 Å². The summed E-state index contributed by atoms with van der Waals surface area (Å²) < 4.78 is 11.2. The van der Waals surface area contributed by atoms with E-state index in [1.807, 2.05) is 0 Å². The summed E-state index contributed by atoms with van der Waals surface area (Å²) in [6, 6.07) is 0. The van der Waals surface area contributed by atoms with E-state index >= 15 is 0 Å². The third-order valence-corrected chi connectivity index (χ3v) is 3.36. The highest BCUT2D eigenvalue weighted by molar-refractivity contribution is 5.88. The van der Waals surface area contributed by atoms with Crippen LogP contribution < -0.4 is 5.56 Å². The average Bonchev–Trinajstić information content (AvgIpc) is 2.48. The fourth-order valence-corrected chi connectivity index (χ4v) is 2.33. The second kappa shape index (κ2) is 6.51. The van der Waals surface area contributed by atoms with Gasteiger partial charge in [0.25, 0.3) is 5.56 Å². The van der Waals surface area contributed by atoms with E-state index in [0.29, 0.717) is 25.3 Å². The van der Waals surface area contributed by atoms with Crippen LogP contribution in [0.25, 0.3) is 0 Å². The molecule has 0 bridgehead atoms. The van der Waals surface area contributed by atoms with Crippen molar-refractivity contribution in [3.8, 4) is 0 Å². The predicted molar refractivity (Wildman–Crippen MR) is 72.9 cm³/mol. The van der Waals surface area contributed by atoms with Crippen LogP contribution in [0.4, 0.5) is 0 Å². The second-order valence-electron chi connectivity index (χ2n) is 4.71. The molecule has 0 spiro atoms. The van der Waals surface area contributed by atoms with Gasteiger partial charge in [0.2, 0.25) is 0 Å². The molecule has 7 heteroatoms. The van der Waals surface area contributed by atoms with E-state index in [-0.39, 0.29) is 30.6 Å². The van der Waals surface area contributed by atoms with Gasteiger partial charge in [0.15, 0.2) is 0 Å². The highest BCUT2D eigenvalue weighted by atomic mass is 16.5. The lowest BCUT2D eigenvalue weighted by Crippen LogP contribution is -2.38. The molecular weight excluding hydrogens is 276 g/mol. The molecule has 1 aliphatic heterocycles. The molecule has 1 atom stereocenters. The largest absolute Gasteiger partial charge is 0.466 e. The zero-order chi connectivity index (χ0) is 15.4. The Hall–Kier alpha value is -2.18. The molecule has 7 nitrogen and oxygen atoms in total. The number of carbonyl (C=O) groups is 2. The maximum Gasteiger partial charge on any atom is 0.345 e. The Kier molecular flexibility index (Phi) is 4.72. The van der Waals surface area contributed by atoms with Gasteiger partial charge >= 0.3 is 11.9 Å². The van der Waals surface area contributed by atoms with Crippen LogP contribution in [0.3, 0.4) is 0 Å². The SMILES string of the molecule is CCOC(=O)c1cnc2n(c1=O)CC(C(=O)OCC)CC2. The Morgan fingerprint density at radius 1 is 1.33 bits per heavy atom. The zero-order valence-corrected chi connectivity index (χ0v) is 12.1. The first kappa shape index (κ1) is 15.2. The fourth-order valence-electron chi connectivity index (χ4n) is 2.33. The van der Waals surface area contributed by atoms with Gasteiger partial charge in [-0.05, 0) is 20.3 Å². The molecule has 0 aromatic carbocycles. The second-order valence-corrected chi connectivity index (χ2v) is 4.71. The summed E-state index contributed by atoms with van der Waals surface area (Å²) in [7, 11) is 0. The van der Waals surface area contributed by atoms with E-state index in [4.69, 9.17) is 9.47 Å². The molecule has 0 radical (unpaired) electrons. The lowest BCUT2D eigenvalue weighted by atomic mass is 9.99. The van der Waals surface area contributed by atoms with Crippen molar-refractivity contribution in [2.45, 2.75) is 33.2 Å². The molecule has 0 N–H and O–H groups in total. The number of hydrogen-bond donors (Lipinski definition) is 0. The standard InChI is InChI=1S/C14H18N2O5/c1-3-20-13(18)9-5-6-11-15-7-10(14(19)21-4-2)12(17)16(11)8-9/h7,9H,3-6,8H2,1-2H3. The third kappa shape index (κ3) is 3.12. The highest BCUT2D eigenvalue weighted by Gasteiger charge is 2.28. The van der Waals surface area contributed by atoms with Crippen molar-refractivity contribution in [1.82, 2.24) is 9.55 Å². The number of rotatable bonds is 4. The van der Waals surface area contributed by atoms with Gasteiger partial charge in [-0.3, -0.25) is 14.2 Å². The van der Waals surface area contributed by atoms with Crippen LogP contribution in [-0.4, -0.2) is 34.7 Å². The van der Waals surface area contributed by atoms with Gasteiger partial charge < -0.3 is 9.47 Å². The number of nitrogens with zero attached hydrogens (tertiary/aromatic N) is 2. The molecule has 2 heterocycles. The molecular formula is C14H18N2O5. The van der Waals surface area contributed by atoms with Crippen molar-refractivity contribution in [3.63, 3.8) is 0 Å². The minimum atomic E-state index is -0.691. The predicted octanol–water partition coefficient (Wildman–Crippen LogP) is 0.545. The Bertz CT molecular complexity index is 608. The maximum absolute atomic E-state index is 12.3. The lowest BCUT2D eigenvalue weighted by Gasteiger charge is -2.24. The molecule has 1 aliphatic rings. The van der Waals surface area contributed by atoms with Gasteiger partial charge in [0.1, 0.15) is 11.4 Å². The Morgan fingerprint density at radius 3 is 2.71 bits per heavy atom. The average molecular weight is 294 g/mol. The normalized spacial score (nSPS) is 17.0. The monoisotopic (exact) mass is 294 g/mol. The van der Waals surface area contributed by atoms with E-state index < -0.39 is 11.5 Å². The summed E-state index contributed by atoms with van der Waals surface area (Å²) in [5.41, 5.74) is -0.572. The molecule has 114 valence electrons. The molecule has 0 amide bonds. The van der Waals surface area contributed by atoms with E-state index in [1.165, 1.54) is 10.8 Å². The number of carbonyl (C=O) groups excluding carboxylic acids is 2. The van der Waals surface area contributed by atoms with Gasteiger partial charge in [-0.2, -0.15) is 0 Å². The maximum atomic E-state index is 12.3. The lowest BCUT2D eigenvalue weighted by molar-refractivity contribution is -0.149. The van der Waals surface area contributed by atoms with Crippen LogP contribution in [0.5, 0.6) is 0 Å². The fraction of sp³-hybridized carbons (Fsp3) is 0.571. The van der Waals surface area contributed by atoms with Crippen molar-refractivity contribution in [1.29, 1.82) is 0 Å². The van der Waals surface area contributed by atoms with Crippen molar-refractivity contribution in [2.75, 3.05) is 13.2 Å². The minimum Gasteiger partial charge on any atom is -0.466 e. The molecule has 0 saturated heterocycles. The van der Waals surface area contributed by atoms with E-state index in [0.717, 1.165) is 0 Å². The number of aromatic nitrogens is 2. The molecule has 2 rings (SSSR count). The van der Waals surface area contributed by atoms with E-state index in [2.05, 4.69) is 4.98 Å². The summed E-state index contributed by atoms with van der Waals surface area (Å²) in [5.74, 6) is -0.817. The van der Waals surface area contributed by atoms with E-state index in [9.17, 15) is 14.4 Å². The highest BCUT2D eigenvalue weighted by Crippen LogP contribution is 2.18. The van der Waals surface area contributed by atoms with Crippen LogP contribution in [0, 0.1) is 5.92 Å². The van der Waals surface area contributed by atoms with Crippen molar-refractivity contribution in [2.24, 2.45) is 5.92 Å². The van der Waals surface area contributed by atoms with Crippen LogP contribution in [0.1, 0.15) is 36.5 Å². The van der Waals surface area contributed by atoms with Gasteiger partial charge in [-0.25, -0.2) is 9.78 Å². The first-order chi connectivity index (χ1) is 10.1. The molecule has 1 aromatic heterocycles. The van der Waals surface area contributed by atoms with Crippen LogP contribution in [0.15, 0.2) is 11.0 Å². The van der Waals surface area contributed by atoms with Crippen LogP contribution in [0.2, 0.25) is 0 Å². The first-order valence-corrected chi connectivity index (χ1v) is 7.00. The number of esters is 2. The molecule has 0 aliphatic carbocycles. The number of ether oxygens (including phenoxy) is 2. The molecule has 21 heavy (non-hydrogen) atoms. The Labute approximate surface area is 121 Å².